The van der Waals surface area contributed by atoms with Crippen molar-refractivity contribution < 1.29 is 4.52 Å². The summed E-state index contributed by atoms with van der Waals surface area (Å²) in [6, 6.07) is 23.1. The number of hydrogen-bond donors (Lipinski definition) is 0. The highest BCUT2D eigenvalue weighted by molar-refractivity contribution is 5.82. The summed E-state index contributed by atoms with van der Waals surface area (Å²) in [6.45, 7) is 3.51. The Morgan fingerprint density at radius 2 is 1.65 bits per heavy atom. The van der Waals surface area contributed by atoms with Crippen molar-refractivity contribution >= 4 is 10.8 Å². The van der Waals surface area contributed by atoms with E-state index in [-0.39, 0.29) is 0 Å². The lowest BCUT2D eigenvalue weighted by atomic mass is 10.1. The van der Waals surface area contributed by atoms with Gasteiger partial charge in [-0.05, 0) is 36.4 Å². The Morgan fingerprint density at radius 3 is 2.46 bits per heavy atom. The molecule has 4 heteroatoms. The first-order valence-electron chi connectivity index (χ1n) is 8.73. The van der Waals surface area contributed by atoms with E-state index in [9.17, 15) is 0 Å². The molecule has 1 aromatic heterocycles. The third-order valence-electron chi connectivity index (χ3n) is 4.45. The molecule has 0 aliphatic rings. The van der Waals surface area contributed by atoms with Crippen LogP contribution in [0.1, 0.15) is 17.0 Å². The van der Waals surface area contributed by atoms with Crippen molar-refractivity contribution in [2.45, 2.75) is 20.0 Å². The average Bonchev–Trinajstić information content (AvgIpc) is 3.10. The molecule has 0 atom stereocenters. The van der Waals surface area contributed by atoms with Gasteiger partial charge in [-0.3, -0.25) is 4.90 Å². The topological polar surface area (TPSA) is 42.2 Å². The maximum Gasteiger partial charge on any atom is 0.241 e. The molecule has 0 unspecified atom stereocenters. The van der Waals surface area contributed by atoms with Gasteiger partial charge in [0, 0.05) is 12.1 Å². The van der Waals surface area contributed by atoms with E-state index >= 15 is 0 Å². The fourth-order valence-corrected chi connectivity index (χ4v) is 3.07. The van der Waals surface area contributed by atoms with Gasteiger partial charge in [0.2, 0.25) is 11.7 Å². The van der Waals surface area contributed by atoms with Gasteiger partial charge in [0.15, 0.2) is 0 Å². The lowest BCUT2D eigenvalue weighted by molar-refractivity contribution is 0.261. The molecular weight excluding hydrogens is 322 g/mol. The molecule has 0 aliphatic heterocycles. The summed E-state index contributed by atoms with van der Waals surface area (Å²) >= 11 is 0. The van der Waals surface area contributed by atoms with E-state index < -0.39 is 0 Å². The van der Waals surface area contributed by atoms with Gasteiger partial charge in [-0.25, -0.2) is 0 Å². The second-order valence-corrected chi connectivity index (χ2v) is 6.73. The van der Waals surface area contributed by atoms with Crippen LogP contribution in [0.3, 0.4) is 0 Å². The van der Waals surface area contributed by atoms with Crippen molar-refractivity contribution in [2.24, 2.45) is 0 Å². The molecule has 0 radical (unpaired) electrons. The Morgan fingerprint density at radius 1 is 0.885 bits per heavy atom. The SMILES string of the molecule is Cc1ccc(-c2noc(CN(C)Cc3ccc4ccccc4c3)n2)cc1. The van der Waals surface area contributed by atoms with Gasteiger partial charge in [-0.2, -0.15) is 4.98 Å². The van der Waals surface area contributed by atoms with Crippen LogP contribution in [-0.2, 0) is 13.1 Å². The minimum Gasteiger partial charge on any atom is -0.338 e. The third-order valence-corrected chi connectivity index (χ3v) is 4.45. The van der Waals surface area contributed by atoms with E-state index in [1.54, 1.807) is 0 Å². The van der Waals surface area contributed by atoms with Crippen molar-refractivity contribution in [3.63, 3.8) is 0 Å². The fourth-order valence-electron chi connectivity index (χ4n) is 3.07. The first-order valence-corrected chi connectivity index (χ1v) is 8.73. The van der Waals surface area contributed by atoms with Crippen LogP contribution in [0.2, 0.25) is 0 Å². The molecule has 4 aromatic rings. The molecular formula is C22H21N3O. The standard InChI is InChI=1S/C22H21N3O/c1-16-7-10-19(11-8-16)22-23-21(26-24-22)15-25(2)14-17-9-12-18-5-3-4-6-20(18)13-17/h3-13H,14-15H2,1-2H3. The van der Waals surface area contributed by atoms with Gasteiger partial charge in [0.1, 0.15) is 0 Å². The number of fused-ring (bicyclic) bond motifs is 1. The minimum absolute atomic E-state index is 0.617. The van der Waals surface area contributed by atoms with Crippen LogP contribution in [0.5, 0.6) is 0 Å². The molecule has 26 heavy (non-hydrogen) atoms. The second-order valence-electron chi connectivity index (χ2n) is 6.73. The molecule has 3 aromatic carbocycles. The predicted molar refractivity (Wildman–Crippen MR) is 104 cm³/mol. The quantitative estimate of drug-likeness (QED) is 0.520. The molecule has 0 amide bonds. The molecule has 4 nitrogen and oxygen atoms in total. The summed E-state index contributed by atoms with van der Waals surface area (Å²) in [5, 5.41) is 6.63. The molecule has 0 saturated heterocycles. The maximum absolute atomic E-state index is 5.43. The molecule has 130 valence electrons. The van der Waals surface area contributed by atoms with Gasteiger partial charge >= 0.3 is 0 Å². The van der Waals surface area contributed by atoms with Gasteiger partial charge in [0.25, 0.3) is 0 Å². The summed E-state index contributed by atoms with van der Waals surface area (Å²) in [6.07, 6.45) is 0. The summed E-state index contributed by atoms with van der Waals surface area (Å²) in [7, 11) is 2.06. The minimum atomic E-state index is 0.617. The second kappa shape index (κ2) is 7.10. The Hall–Kier alpha value is -2.98. The lowest BCUT2D eigenvalue weighted by Gasteiger charge is -2.14. The molecule has 0 N–H and O–H groups in total. The van der Waals surface area contributed by atoms with Crippen LogP contribution >= 0.6 is 0 Å². The van der Waals surface area contributed by atoms with E-state index in [1.165, 1.54) is 21.9 Å². The van der Waals surface area contributed by atoms with Gasteiger partial charge in [-0.15, -0.1) is 0 Å². The van der Waals surface area contributed by atoms with Gasteiger partial charge in [0.05, 0.1) is 6.54 Å². The van der Waals surface area contributed by atoms with E-state index in [2.05, 4.69) is 83.6 Å². The lowest BCUT2D eigenvalue weighted by Crippen LogP contribution is -2.17. The van der Waals surface area contributed by atoms with Crippen LogP contribution in [-0.4, -0.2) is 22.1 Å². The third kappa shape index (κ3) is 3.65. The Balaban J connectivity index is 1.44. The fraction of sp³-hybridized carbons (Fsp3) is 0.182. The zero-order chi connectivity index (χ0) is 17.9. The average molecular weight is 343 g/mol. The molecule has 0 fully saturated rings. The number of nitrogens with zero attached hydrogens (tertiary/aromatic N) is 3. The normalized spacial score (nSPS) is 11.3. The van der Waals surface area contributed by atoms with Crippen molar-refractivity contribution in [3.8, 4) is 11.4 Å². The number of aryl methyl sites for hydroxylation is 1. The van der Waals surface area contributed by atoms with Gasteiger partial charge < -0.3 is 4.52 Å². The van der Waals surface area contributed by atoms with Gasteiger partial charge in [-0.1, -0.05) is 71.4 Å². The van der Waals surface area contributed by atoms with E-state index in [0.29, 0.717) is 18.3 Å². The van der Waals surface area contributed by atoms with E-state index in [4.69, 9.17) is 4.52 Å². The Labute approximate surface area is 153 Å². The summed E-state index contributed by atoms with van der Waals surface area (Å²) in [4.78, 5) is 6.70. The summed E-state index contributed by atoms with van der Waals surface area (Å²) < 4.78 is 5.43. The molecule has 0 spiro atoms. The molecule has 1 heterocycles. The highest BCUT2D eigenvalue weighted by Crippen LogP contribution is 2.19. The first-order chi connectivity index (χ1) is 12.7. The molecule has 0 bridgehead atoms. The van der Waals surface area contributed by atoms with E-state index in [1.807, 2.05) is 12.1 Å². The Bertz CT molecular complexity index is 1020. The van der Waals surface area contributed by atoms with Crippen LogP contribution in [0.25, 0.3) is 22.2 Å². The summed E-state index contributed by atoms with van der Waals surface area (Å²) in [5.74, 6) is 1.27. The van der Waals surface area contributed by atoms with Crippen molar-refractivity contribution in [1.29, 1.82) is 0 Å². The van der Waals surface area contributed by atoms with E-state index in [0.717, 1.165) is 12.1 Å². The smallest absolute Gasteiger partial charge is 0.241 e. The van der Waals surface area contributed by atoms with Crippen LogP contribution in [0.4, 0.5) is 0 Å². The van der Waals surface area contributed by atoms with Crippen LogP contribution in [0.15, 0.2) is 71.3 Å². The van der Waals surface area contributed by atoms with Crippen molar-refractivity contribution in [3.05, 3.63) is 83.7 Å². The molecule has 0 saturated carbocycles. The largest absolute Gasteiger partial charge is 0.338 e. The zero-order valence-corrected chi connectivity index (χ0v) is 15.0. The predicted octanol–water partition coefficient (Wildman–Crippen LogP) is 4.83. The number of benzene rings is 3. The molecule has 4 rings (SSSR count). The molecule has 0 aliphatic carbocycles. The van der Waals surface area contributed by atoms with Crippen molar-refractivity contribution in [1.82, 2.24) is 15.0 Å². The summed E-state index contributed by atoms with van der Waals surface area (Å²) in [5.41, 5.74) is 3.46. The van der Waals surface area contributed by atoms with Crippen molar-refractivity contribution in [2.75, 3.05) is 7.05 Å². The Kier molecular flexibility index (Phi) is 4.50. The monoisotopic (exact) mass is 343 g/mol. The number of hydrogen-bond acceptors (Lipinski definition) is 4. The zero-order valence-electron chi connectivity index (χ0n) is 15.0. The number of aromatic nitrogens is 2. The van der Waals surface area contributed by atoms with Crippen LogP contribution in [0, 0.1) is 6.92 Å². The van der Waals surface area contributed by atoms with Crippen LogP contribution < -0.4 is 0 Å². The maximum atomic E-state index is 5.43. The number of rotatable bonds is 5. The first kappa shape index (κ1) is 16.5. The highest BCUT2D eigenvalue weighted by atomic mass is 16.5. The highest BCUT2D eigenvalue weighted by Gasteiger charge is 2.11.